The van der Waals surface area contributed by atoms with Crippen LogP contribution >= 0.6 is 22.7 Å². The Bertz CT molecular complexity index is 900. The highest BCUT2D eigenvalue weighted by atomic mass is 32.1. The molecule has 3 aromatic rings. The predicted octanol–water partition coefficient (Wildman–Crippen LogP) is 5.12. The van der Waals surface area contributed by atoms with E-state index in [1.807, 2.05) is 13.8 Å². The number of halogens is 1. The lowest BCUT2D eigenvalue weighted by Crippen LogP contribution is -2.07. The second kappa shape index (κ2) is 7.41. The number of esters is 1. The summed E-state index contributed by atoms with van der Waals surface area (Å²) in [5, 5.41) is 1.63. The van der Waals surface area contributed by atoms with E-state index >= 15 is 0 Å². The van der Waals surface area contributed by atoms with Crippen LogP contribution in [0.3, 0.4) is 0 Å². The molecule has 2 heterocycles. The fraction of sp³-hybridized carbons (Fsp3) is 0.278. The van der Waals surface area contributed by atoms with Crippen molar-refractivity contribution in [1.82, 2.24) is 9.97 Å². The number of nitrogens with zero attached hydrogens (tertiary/aromatic N) is 2. The highest BCUT2D eigenvalue weighted by molar-refractivity contribution is 7.22. The summed E-state index contributed by atoms with van der Waals surface area (Å²) in [4.78, 5) is 23.0. The maximum atomic E-state index is 13.2. The zero-order valence-corrected chi connectivity index (χ0v) is 15.8. The lowest BCUT2D eigenvalue weighted by atomic mass is 10.1. The van der Waals surface area contributed by atoms with Crippen LogP contribution in [0.15, 0.2) is 24.3 Å². The summed E-state index contributed by atoms with van der Waals surface area (Å²) in [7, 11) is 0. The predicted molar refractivity (Wildman–Crippen MR) is 98.7 cm³/mol. The van der Waals surface area contributed by atoms with E-state index in [1.165, 1.54) is 34.8 Å². The molecule has 0 saturated carbocycles. The van der Waals surface area contributed by atoms with Crippen molar-refractivity contribution < 1.29 is 13.9 Å². The molecule has 2 aromatic heterocycles. The summed E-state index contributed by atoms with van der Waals surface area (Å²) >= 11 is 2.99. The van der Waals surface area contributed by atoms with Gasteiger partial charge in [-0.3, -0.25) is 0 Å². The van der Waals surface area contributed by atoms with Gasteiger partial charge >= 0.3 is 5.97 Å². The average molecular weight is 376 g/mol. The Morgan fingerprint density at radius 2 is 1.88 bits per heavy atom. The summed E-state index contributed by atoms with van der Waals surface area (Å²) in [6, 6.07) is 6.23. The molecule has 0 bridgehead atoms. The van der Waals surface area contributed by atoms with E-state index in [0.29, 0.717) is 18.7 Å². The van der Waals surface area contributed by atoms with Gasteiger partial charge in [-0.15, -0.1) is 22.7 Å². The van der Waals surface area contributed by atoms with Crippen molar-refractivity contribution in [2.45, 2.75) is 27.2 Å². The van der Waals surface area contributed by atoms with Gasteiger partial charge in [0.25, 0.3) is 0 Å². The fourth-order valence-electron chi connectivity index (χ4n) is 2.42. The first-order valence-corrected chi connectivity index (χ1v) is 9.57. The lowest BCUT2D eigenvalue weighted by Gasteiger charge is -2.00. The molecule has 0 amide bonds. The van der Waals surface area contributed by atoms with E-state index in [9.17, 15) is 9.18 Å². The van der Waals surface area contributed by atoms with Crippen LogP contribution in [0.5, 0.6) is 0 Å². The Kier molecular flexibility index (Phi) is 5.24. The zero-order valence-electron chi connectivity index (χ0n) is 14.1. The average Bonchev–Trinajstić information content (AvgIpc) is 3.19. The third kappa shape index (κ3) is 3.62. The molecule has 0 aliphatic heterocycles. The van der Waals surface area contributed by atoms with Crippen LogP contribution in [0, 0.1) is 12.7 Å². The van der Waals surface area contributed by atoms with E-state index in [-0.39, 0.29) is 5.82 Å². The van der Waals surface area contributed by atoms with Gasteiger partial charge in [-0.2, -0.15) is 0 Å². The Hall–Kier alpha value is -2.12. The molecule has 0 aliphatic rings. The molecule has 0 aliphatic carbocycles. The van der Waals surface area contributed by atoms with Crippen LogP contribution in [0.25, 0.3) is 21.1 Å². The molecular weight excluding hydrogens is 359 g/mol. The van der Waals surface area contributed by atoms with Crippen molar-refractivity contribution >= 4 is 28.6 Å². The Morgan fingerprint density at radius 1 is 1.16 bits per heavy atom. The molecule has 0 atom stereocenters. The number of hydrogen-bond donors (Lipinski definition) is 0. The van der Waals surface area contributed by atoms with Gasteiger partial charge in [-0.1, -0.05) is 6.92 Å². The summed E-state index contributed by atoms with van der Waals surface area (Å²) in [6.45, 7) is 5.99. The van der Waals surface area contributed by atoms with Crippen molar-refractivity contribution in [2.75, 3.05) is 6.61 Å². The molecule has 130 valence electrons. The van der Waals surface area contributed by atoms with Gasteiger partial charge in [0.15, 0.2) is 5.69 Å². The molecule has 4 nitrogen and oxygen atoms in total. The molecule has 7 heteroatoms. The van der Waals surface area contributed by atoms with Gasteiger partial charge in [-0.05, 0) is 44.5 Å². The topological polar surface area (TPSA) is 52.1 Å². The summed E-state index contributed by atoms with van der Waals surface area (Å²) in [5.74, 6) is -0.684. The lowest BCUT2D eigenvalue weighted by molar-refractivity contribution is 0.0519. The molecule has 0 unspecified atom stereocenters. The summed E-state index contributed by atoms with van der Waals surface area (Å²) in [5.41, 5.74) is 1.96. The molecule has 0 N–H and O–H groups in total. The van der Waals surface area contributed by atoms with Gasteiger partial charge in [-0.25, -0.2) is 19.2 Å². The molecule has 25 heavy (non-hydrogen) atoms. The van der Waals surface area contributed by atoms with Crippen LogP contribution in [0.1, 0.15) is 34.2 Å². The Balaban J connectivity index is 2.08. The van der Waals surface area contributed by atoms with Gasteiger partial charge in [0.05, 0.1) is 22.2 Å². The van der Waals surface area contributed by atoms with E-state index < -0.39 is 5.97 Å². The number of aryl methyl sites for hydroxylation is 2. The number of hydrogen-bond acceptors (Lipinski definition) is 6. The number of rotatable bonds is 5. The van der Waals surface area contributed by atoms with Crippen molar-refractivity contribution in [3.05, 3.63) is 45.7 Å². The smallest absolute Gasteiger partial charge is 0.358 e. The van der Waals surface area contributed by atoms with E-state index in [1.54, 1.807) is 19.1 Å². The van der Waals surface area contributed by atoms with Crippen molar-refractivity contribution in [3.8, 4) is 21.1 Å². The SMILES string of the molecule is CCOC(=O)c1nc(-c2sc(C)nc2-c2ccc(F)cc2)sc1CC. The highest BCUT2D eigenvalue weighted by Crippen LogP contribution is 2.39. The minimum absolute atomic E-state index is 0.288. The number of thiazole rings is 2. The van der Waals surface area contributed by atoms with Crippen molar-refractivity contribution in [1.29, 1.82) is 0 Å². The van der Waals surface area contributed by atoms with Crippen LogP contribution in [-0.4, -0.2) is 22.5 Å². The quantitative estimate of drug-likeness (QED) is 0.580. The van der Waals surface area contributed by atoms with E-state index in [4.69, 9.17) is 4.74 Å². The molecule has 0 saturated heterocycles. The second-order valence-corrected chi connectivity index (χ2v) is 7.57. The number of ether oxygens (including phenoxy) is 1. The first kappa shape index (κ1) is 17.7. The third-order valence-electron chi connectivity index (χ3n) is 3.53. The summed E-state index contributed by atoms with van der Waals surface area (Å²) < 4.78 is 18.3. The Labute approximate surface area is 153 Å². The zero-order chi connectivity index (χ0) is 18.0. The minimum atomic E-state index is -0.397. The van der Waals surface area contributed by atoms with E-state index in [2.05, 4.69) is 9.97 Å². The molecule has 3 rings (SSSR count). The monoisotopic (exact) mass is 376 g/mol. The standard InChI is InChI=1S/C18H17FN2O2S2/c1-4-13-15(18(22)23-5-2)21-17(25-13)16-14(20-10(3)24-16)11-6-8-12(19)9-7-11/h6-9H,4-5H2,1-3H3. The molecule has 0 radical (unpaired) electrons. The highest BCUT2D eigenvalue weighted by Gasteiger charge is 2.22. The second-order valence-electron chi connectivity index (χ2n) is 5.28. The summed E-state index contributed by atoms with van der Waals surface area (Å²) in [6.07, 6.45) is 0.704. The van der Waals surface area contributed by atoms with Gasteiger partial charge in [0.1, 0.15) is 10.8 Å². The fourth-order valence-corrected chi connectivity index (χ4v) is 4.43. The van der Waals surface area contributed by atoms with Gasteiger partial charge in [0.2, 0.25) is 0 Å². The number of aromatic nitrogens is 2. The number of carbonyl (C=O) groups is 1. The van der Waals surface area contributed by atoms with Crippen LogP contribution in [0.4, 0.5) is 4.39 Å². The minimum Gasteiger partial charge on any atom is -0.461 e. The van der Waals surface area contributed by atoms with E-state index in [0.717, 1.165) is 31.0 Å². The van der Waals surface area contributed by atoms with Gasteiger partial charge < -0.3 is 4.74 Å². The Morgan fingerprint density at radius 3 is 2.52 bits per heavy atom. The first-order chi connectivity index (χ1) is 12.0. The molecule has 0 spiro atoms. The van der Waals surface area contributed by atoms with Crippen molar-refractivity contribution in [3.63, 3.8) is 0 Å². The van der Waals surface area contributed by atoms with Crippen LogP contribution in [-0.2, 0) is 11.2 Å². The molecule has 1 aromatic carbocycles. The van der Waals surface area contributed by atoms with Crippen molar-refractivity contribution in [2.24, 2.45) is 0 Å². The normalized spacial score (nSPS) is 10.9. The maximum Gasteiger partial charge on any atom is 0.358 e. The largest absolute Gasteiger partial charge is 0.461 e. The van der Waals surface area contributed by atoms with Crippen LogP contribution in [0.2, 0.25) is 0 Å². The third-order valence-corrected chi connectivity index (χ3v) is 5.86. The number of carbonyl (C=O) groups excluding carboxylic acids is 1. The first-order valence-electron chi connectivity index (χ1n) is 7.94. The number of benzene rings is 1. The molecular formula is C18H17FN2O2S2. The van der Waals surface area contributed by atoms with Gasteiger partial charge in [0, 0.05) is 10.4 Å². The molecule has 0 fully saturated rings. The maximum absolute atomic E-state index is 13.2. The van der Waals surface area contributed by atoms with Crippen LogP contribution < -0.4 is 0 Å².